The Bertz CT molecular complexity index is 3430. The quantitative estimate of drug-likeness (QED) is 0.183. The third kappa shape index (κ3) is 5.60. The molecule has 60 heavy (non-hydrogen) atoms. The third-order valence-corrected chi connectivity index (χ3v) is 12.6. The number of aromatic amines is 1. The first-order valence-electron chi connectivity index (χ1n) is 20.8. The zero-order valence-electron chi connectivity index (χ0n) is 34.5. The van der Waals surface area contributed by atoms with Crippen molar-refractivity contribution in [3.8, 4) is 34.0 Å². The molecule has 0 unspecified atom stereocenters. The van der Waals surface area contributed by atoms with Gasteiger partial charge in [-0.1, -0.05) is 150 Å². The summed E-state index contributed by atoms with van der Waals surface area (Å²) in [5, 5.41) is 4.78. The molecule has 0 aliphatic rings. The molecule has 0 spiro atoms. The highest BCUT2D eigenvalue weighted by molar-refractivity contribution is 6.13. The normalized spacial score (nSPS) is 12.4. The Hall–Kier alpha value is -7.24. The van der Waals surface area contributed by atoms with E-state index >= 15 is 0 Å². The van der Waals surface area contributed by atoms with E-state index in [0.717, 1.165) is 67.1 Å². The molecular weight excluding hydrogens is 731 g/mol. The van der Waals surface area contributed by atoms with Gasteiger partial charge in [0, 0.05) is 55.5 Å². The van der Waals surface area contributed by atoms with Crippen LogP contribution >= 0.6 is 0 Å². The smallest absolute Gasteiger partial charge is 0.147 e. The molecule has 5 heteroatoms. The fourth-order valence-electron chi connectivity index (χ4n) is 9.27. The van der Waals surface area contributed by atoms with Crippen LogP contribution in [0, 0.1) is 0 Å². The molecule has 0 amide bonds. The summed E-state index contributed by atoms with van der Waals surface area (Å²) in [6.07, 6.45) is 1.88. The molecule has 5 nitrogen and oxygen atoms in total. The zero-order chi connectivity index (χ0) is 40.8. The Morgan fingerprint density at radius 2 is 1.18 bits per heavy atom. The van der Waals surface area contributed by atoms with Crippen LogP contribution in [0.1, 0.15) is 51.3 Å². The van der Waals surface area contributed by atoms with Gasteiger partial charge in [0.1, 0.15) is 11.6 Å². The number of pyridine rings is 1. The average Bonchev–Trinajstić information content (AvgIpc) is 3.96. The van der Waals surface area contributed by atoms with Crippen molar-refractivity contribution in [3.63, 3.8) is 0 Å². The van der Waals surface area contributed by atoms with Gasteiger partial charge < -0.3 is 4.98 Å². The maximum absolute atomic E-state index is 5.64. The molecule has 11 aromatic rings. The van der Waals surface area contributed by atoms with Crippen LogP contribution in [0.15, 0.2) is 176 Å². The summed E-state index contributed by atoms with van der Waals surface area (Å²) >= 11 is 0. The van der Waals surface area contributed by atoms with Crippen LogP contribution < -0.4 is 0 Å². The number of rotatable bonds is 6. The Labute approximate surface area is 349 Å². The number of H-pyrrole nitrogens is 1. The first-order chi connectivity index (χ1) is 29.1. The molecule has 0 radical (unpaired) electrons. The van der Waals surface area contributed by atoms with Crippen molar-refractivity contribution in [1.29, 1.82) is 0 Å². The number of aromatic nitrogens is 5. The number of hydrogen-bond acceptors (Lipinski definition) is 2. The molecule has 0 saturated carbocycles. The third-order valence-electron chi connectivity index (χ3n) is 12.6. The van der Waals surface area contributed by atoms with Crippen LogP contribution in [0.25, 0.3) is 88.7 Å². The van der Waals surface area contributed by atoms with Gasteiger partial charge in [0.25, 0.3) is 0 Å². The highest BCUT2D eigenvalue weighted by atomic mass is 15.1. The highest BCUT2D eigenvalue weighted by Gasteiger charge is 2.26. The zero-order valence-corrected chi connectivity index (χ0v) is 34.5. The Balaban J connectivity index is 1.16. The minimum Gasteiger partial charge on any atom is -0.354 e. The number of nitrogens with zero attached hydrogens (tertiary/aromatic N) is 4. The van der Waals surface area contributed by atoms with Crippen LogP contribution in [-0.4, -0.2) is 24.1 Å². The summed E-state index contributed by atoms with van der Waals surface area (Å²) in [6.45, 7) is 11.4. The van der Waals surface area contributed by atoms with E-state index in [-0.39, 0.29) is 10.8 Å². The second kappa shape index (κ2) is 13.4. The maximum Gasteiger partial charge on any atom is 0.147 e. The van der Waals surface area contributed by atoms with E-state index in [1.807, 2.05) is 12.3 Å². The van der Waals surface area contributed by atoms with E-state index in [9.17, 15) is 0 Å². The average molecular weight is 776 g/mol. The van der Waals surface area contributed by atoms with Crippen molar-refractivity contribution in [1.82, 2.24) is 24.1 Å². The Morgan fingerprint density at radius 1 is 0.483 bits per heavy atom. The van der Waals surface area contributed by atoms with Gasteiger partial charge in [-0.3, -0.25) is 9.13 Å². The number of nitrogens with one attached hydrogen (secondary N) is 1. The van der Waals surface area contributed by atoms with E-state index in [2.05, 4.69) is 213 Å². The van der Waals surface area contributed by atoms with Crippen LogP contribution in [0.3, 0.4) is 0 Å². The summed E-state index contributed by atoms with van der Waals surface area (Å²) < 4.78 is 4.69. The lowest BCUT2D eigenvalue weighted by Gasteiger charge is -2.26. The standard InChI is InChI=1S/C55H45N5/c1-54(2,3)37-18-13-19-39(33-37)59-47-25-15-21-40(52(47)58-53(59)45-23-14-22-44-41-20-9-10-24-46(41)57-51(44)45)35-27-29-42-43-30-28-38(55(4,5)36-16-7-6-8-17-36)34-49(43)60(48(42)32-35)50-26-11-12-31-56-50/h6-34,57H,1-5H3. The fraction of sp³-hybridized carbons (Fsp3) is 0.127. The maximum atomic E-state index is 5.64. The van der Waals surface area contributed by atoms with Crippen molar-refractivity contribution >= 4 is 54.6 Å². The lowest BCUT2D eigenvalue weighted by atomic mass is 9.78. The largest absolute Gasteiger partial charge is 0.354 e. The van der Waals surface area contributed by atoms with Crippen molar-refractivity contribution in [2.75, 3.05) is 0 Å². The topological polar surface area (TPSA) is 51.4 Å². The van der Waals surface area contributed by atoms with Crippen molar-refractivity contribution in [3.05, 3.63) is 193 Å². The number of benzene rings is 7. The van der Waals surface area contributed by atoms with E-state index < -0.39 is 0 Å². The van der Waals surface area contributed by atoms with Gasteiger partial charge in [-0.25, -0.2) is 9.97 Å². The van der Waals surface area contributed by atoms with Gasteiger partial charge in [-0.05, 0) is 82.3 Å². The summed E-state index contributed by atoms with van der Waals surface area (Å²) in [7, 11) is 0. The van der Waals surface area contributed by atoms with Crippen molar-refractivity contribution in [2.24, 2.45) is 0 Å². The molecule has 1 N–H and O–H groups in total. The predicted molar refractivity (Wildman–Crippen MR) is 251 cm³/mol. The number of hydrogen-bond donors (Lipinski definition) is 1. The van der Waals surface area contributed by atoms with Gasteiger partial charge in [0.05, 0.1) is 27.6 Å². The monoisotopic (exact) mass is 775 g/mol. The molecule has 0 aliphatic carbocycles. The molecule has 4 heterocycles. The second-order valence-electron chi connectivity index (χ2n) is 17.6. The van der Waals surface area contributed by atoms with E-state index in [0.29, 0.717) is 0 Å². The van der Waals surface area contributed by atoms with Crippen molar-refractivity contribution in [2.45, 2.75) is 45.4 Å². The van der Waals surface area contributed by atoms with Gasteiger partial charge in [-0.15, -0.1) is 0 Å². The minimum absolute atomic E-state index is 0.0194. The number of imidazole rings is 1. The van der Waals surface area contributed by atoms with E-state index in [1.165, 1.54) is 38.2 Å². The minimum atomic E-state index is -0.193. The van der Waals surface area contributed by atoms with Crippen molar-refractivity contribution < 1.29 is 0 Å². The summed E-state index contributed by atoms with van der Waals surface area (Å²) in [4.78, 5) is 14.3. The first kappa shape index (κ1) is 35.9. The van der Waals surface area contributed by atoms with Crippen LogP contribution in [0.5, 0.6) is 0 Å². The van der Waals surface area contributed by atoms with Crippen LogP contribution in [-0.2, 0) is 10.8 Å². The molecule has 290 valence electrons. The second-order valence-corrected chi connectivity index (χ2v) is 17.6. The molecule has 11 rings (SSSR count). The SMILES string of the molecule is CC(C)(C)c1cccc(-n2c(-c3cccc4c3[nH]c3ccccc34)nc3c(-c4ccc5c6ccc(C(C)(C)c7ccccc7)cc6n(-c6ccccn6)c5c4)cccc32)c1. The molecule has 4 aromatic heterocycles. The molecule has 0 bridgehead atoms. The first-order valence-corrected chi connectivity index (χ1v) is 20.8. The van der Waals surface area contributed by atoms with Crippen LogP contribution in [0.2, 0.25) is 0 Å². The predicted octanol–water partition coefficient (Wildman–Crippen LogP) is 14.1. The van der Waals surface area contributed by atoms with E-state index in [4.69, 9.17) is 9.97 Å². The van der Waals surface area contributed by atoms with Crippen LogP contribution in [0.4, 0.5) is 0 Å². The molecule has 0 atom stereocenters. The molecule has 0 aliphatic heterocycles. The number of para-hydroxylation sites is 3. The lowest BCUT2D eigenvalue weighted by Crippen LogP contribution is -2.18. The highest BCUT2D eigenvalue weighted by Crippen LogP contribution is 2.42. The van der Waals surface area contributed by atoms with Gasteiger partial charge >= 0.3 is 0 Å². The van der Waals surface area contributed by atoms with Gasteiger partial charge in [0.15, 0.2) is 0 Å². The van der Waals surface area contributed by atoms with Gasteiger partial charge in [0.2, 0.25) is 0 Å². The molecule has 0 fully saturated rings. The van der Waals surface area contributed by atoms with Gasteiger partial charge in [-0.2, -0.15) is 0 Å². The van der Waals surface area contributed by atoms with E-state index in [1.54, 1.807) is 0 Å². The molecular formula is C55H45N5. The Kier molecular flexibility index (Phi) is 8.01. The summed E-state index contributed by atoms with van der Waals surface area (Å²) in [6, 6.07) is 61.4. The fourth-order valence-corrected chi connectivity index (χ4v) is 9.27. The molecule has 7 aromatic carbocycles. The summed E-state index contributed by atoms with van der Waals surface area (Å²) in [5.74, 6) is 1.79. The number of fused-ring (bicyclic) bond motifs is 7. The molecule has 0 saturated heterocycles. The Morgan fingerprint density at radius 3 is 2.00 bits per heavy atom. The summed E-state index contributed by atoms with van der Waals surface area (Å²) in [5.41, 5.74) is 14.4. The lowest BCUT2D eigenvalue weighted by molar-refractivity contribution is 0.590.